The van der Waals surface area contributed by atoms with Crippen LogP contribution >= 0.6 is 0 Å². The number of nitriles is 1. The molecule has 0 N–H and O–H groups in total. The largest absolute Gasteiger partial charge is 0.482 e. The number of hydrogen-bond donors (Lipinski definition) is 0. The van der Waals surface area contributed by atoms with E-state index in [4.69, 9.17) is 16.4 Å². The zero-order valence-corrected chi connectivity index (χ0v) is 7.09. The third kappa shape index (κ3) is 1.20. The van der Waals surface area contributed by atoms with Gasteiger partial charge in [0.1, 0.15) is 11.4 Å². The van der Waals surface area contributed by atoms with Crippen molar-refractivity contribution in [3.63, 3.8) is 0 Å². The molecular weight excluding hydrogens is 150 g/mol. The van der Waals surface area contributed by atoms with E-state index in [2.05, 4.69) is 5.92 Å². The summed E-state index contributed by atoms with van der Waals surface area (Å²) in [6.45, 7) is 3.82. The van der Waals surface area contributed by atoms with Crippen LogP contribution in [0.1, 0.15) is 13.8 Å². The van der Waals surface area contributed by atoms with Gasteiger partial charge in [-0.2, -0.15) is 5.26 Å². The molecule has 2 nitrogen and oxygen atoms in total. The van der Waals surface area contributed by atoms with Crippen LogP contribution in [0.15, 0.2) is 23.5 Å². The maximum atomic E-state index is 8.37. The standard InChI is InChI=1S/C10H9NO/c1-4-5-8-9(6-7-11)12-10(8,2)3/h1,5-6H,2-3H3/b8-5-,9-6+. The van der Waals surface area contributed by atoms with Crippen molar-refractivity contribution in [1.29, 1.82) is 5.26 Å². The first-order valence-corrected chi connectivity index (χ1v) is 3.58. The minimum atomic E-state index is -0.338. The quantitative estimate of drug-likeness (QED) is 0.398. The molecule has 1 aliphatic heterocycles. The fraction of sp³-hybridized carbons (Fsp3) is 0.300. The fourth-order valence-electron chi connectivity index (χ4n) is 1.13. The van der Waals surface area contributed by atoms with Gasteiger partial charge in [0.05, 0.1) is 12.1 Å². The highest BCUT2D eigenvalue weighted by molar-refractivity contribution is 5.46. The van der Waals surface area contributed by atoms with E-state index in [-0.39, 0.29) is 5.60 Å². The lowest BCUT2D eigenvalue weighted by molar-refractivity contribution is 0.00572. The first-order chi connectivity index (χ1) is 5.61. The Labute approximate surface area is 72.1 Å². The topological polar surface area (TPSA) is 33.0 Å². The third-order valence-electron chi connectivity index (χ3n) is 1.70. The van der Waals surface area contributed by atoms with Crippen molar-refractivity contribution in [2.24, 2.45) is 0 Å². The second-order valence-electron chi connectivity index (χ2n) is 2.97. The molecule has 60 valence electrons. The van der Waals surface area contributed by atoms with Crippen LogP contribution in [-0.2, 0) is 4.74 Å². The molecule has 1 fully saturated rings. The molecule has 0 saturated carbocycles. The van der Waals surface area contributed by atoms with Crippen molar-refractivity contribution in [2.45, 2.75) is 19.4 Å². The molecule has 1 heterocycles. The highest BCUT2D eigenvalue weighted by Crippen LogP contribution is 2.40. The van der Waals surface area contributed by atoms with E-state index in [1.165, 1.54) is 6.08 Å². The van der Waals surface area contributed by atoms with Crippen LogP contribution in [0.4, 0.5) is 0 Å². The van der Waals surface area contributed by atoms with Crippen LogP contribution < -0.4 is 0 Å². The highest BCUT2D eigenvalue weighted by Gasteiger charge is 2.39. The summed E-state index contributed by atoms with van der Waals surface area (Å²) in [5.41, 5.74) is 0.571. The molecule has 1 saturated heterocycles. The predicted molar refractivity (Wildman–Crippen MR) is 45.8 cm³/mol. The lowest BCUT2D eigenvalue weighted by Gasteiger charge is -2.40. The summed E-state index contributed by atoms with van der Waals surface area (Å²) in [7, 11) is 0. The molecule has 0 atom stereocenters. The van der Waals surface area contributed by atoms with Crippen LogP contribution in [0.25, 0.3) is 0 Å². The molecular formula is C10H9NO. The number of nitrogens with zero attached hydrogens (tertiary/aromatic N) is 1. The normalized spacial score (nSPS) is 25.3. The van der Waals surface area contributed by atoms with Crippen molar-refractivity contribution in [2.75, 3.05) is 0 Å². The number of rotatable bonds is 0. The molecule has 0 aromatic carbocycles. The van der Waals surface area contributed by atoms with Gasteiger partial charge >= 0.3 is 0 Å². The van der Waals surface area contributed by atoms with Crippen molar-refractivity contribution in [3.05, 3.63) is 23.5 Å². The zero-order valence-electron chi connectivity index (χ0n) is 7.09. The molecule has 0 bridgehead atoms. The van der Waals surface area contributed by atoms with E-state index >= 15 is 0 Å². The number of ether oxygens (including phenoxy) is 1. The first-order valence-electron chi connectivity index (χ1n) is 3.58. The van der Waals surface area contributed by atoms with E-state index in [1.807, 2.05) is 19.9 Å². The fourth-order valence-corrected chi connectivity index (χ4v) is 1.13. The number of terminal acetylenes is 1. The van der Waals surface area contributed by atoms with Crippen molar-refractivity contribution >= 4 is 0 Å². The minimum Gasteiger partial charge on any atom is -0.482 e. The van der Waals surface area contributed by atoms with E-state index in [9.17, 15) is 0 Å². The smallest absolute Gasteiger partial charge is 0.138 e. The SMILES string of the molecule is C#C/C=C1/C(=C\C#N)OC1(C)C. The third-order valence-corrected chi connectivity index (χ3v) is 1.70. The number of allylic oxidation sites excluding steroid dienone is 2. The molecule has 1 aliphatic rings. The van der Waals surface area contributed by atoms with Crippen LogP contribution in [0.5, 0.6) is 0 Å². The van der Waals surface area contributed by atoms with Gasteiger partial charge < -0.3 is 4.74 Å². The Kier molecular flexibility index (Phi) is 1.93. The van der Waals surface area contributed by atoms with Crippen LogP contribution in [0, 0.1) is 23.7 Å². The van der Waals surface area contributed by atoms with Gasteiger partial charge in [0, 0.05) is 5.57 Å². The molecule has 1 rings (SSSR count). The minimum absolute atomic E-state index is 0.338. The van der Waals surface area contributed by atoms with E-state index < -0.39 is 0 Å². The van der Waals surface area contributed by atoms with Gasteiger partial charge in [-0.1, -0.05) is 5.92 Å². The highest BCUT2D eigenvalue weighted by atomic mass is 16.5. The van der Waals surface area contributed by atoms with Crippen molar-refractivity contribution in [3.8, 4) is 18.4 Å². The van der Waals surface area contributed by atoms with Crippen molar-refractivity contribution in [1.82, 2.24) is 0 Å². The Morgan fingerprint density at radius 1 is 1.50 bits per heavy atom. The summed E-state index contributed by atoms with van der Waals surface area (Å²) < 4.78 is 5.31. The average molecular weight is 159 g/mol. The van der Waals surface area contributed by atoms with Gasteiger partial charge in [0.15, 0.2) is 0 Å². The van der Waals surface area contributed by atoms with E-state index in [0.29, 0.717) is 5.76 Å². The van der Waals surface area contributed by atoms with Crippen molar-refractivity contribution < 1.29 is 4.74 Å². The van der Waals surface area contributed by atoms with Crippen LogP contribution in [0.3, 0.4) is 0 Å². The van der Waals surface area contributed by atoms with Crippen LogP contribution in [0.2, 0.25) is 0 Å². The summed E-state index contributed by atoms with van der Waals surface area (Å²) in [5.74, 6) is 3.01. The number of hydrogen-bond acceptors (Lipinski definition) is 2. The van der Waals surface area contributed by atoms with Gasteiger partial charge in [-0.25, -0.2) is 0 Å². The summed E-state index contributed by atoms with van der Waals surface area (Å²) in [5, 5.41) is 8.37. The van der Waals surface area contributed by atoms with Gasteiger partial charge in [-0.05, 0) is 19.9 Å². The molecule has 0 spiro atoms. The first kappa shape index (κ1) is 8.43. The molecule has 2 heteroatoms. The lowest BCUT2D eigenvalue weighted by Crippen LogP contribution is -2.38. The molecule has 0 aliphatic carbocycles. The maximum absolute atomic E-state index is 8.37. The Balaban J connectivity index is 2.96. The van der Waals surface area contributed by atoms with Gasteiger partial charge in [0.2, 0.25) is 0 Å². The van der Waals surface area contributed by atoms with E-state index in [0.717, 1.165) is 5.57 Å². The predicted octanol–water partition coefficient (Wildman–Crippen LogP) is 1.76. The Morgan fingerprint density at radius 2 is 2.17 bits per heavy atom. The Bertz CT molecular complexity index is 334. The molecule has 0 aromatic rings. The molecule has 0 unspecified atom stereocenters. The maximum Gasteiger partial charge on any atom is 0.138 e. The summed E-state index contributed by atoms with van der Waals surface area (Å²) >= 11 is 0. The summed E-state index contributed by atoms with van der Waals surface area (Å²) in [4.78, 5) is 0. The monoisotopic (exact) mass is 159 g/mol. The lowest BCUT2D eigenvalue weighted by atomic mass is 9.89. The molecule has 0 amide bonds. The Morgan fingerprint density at radius 3 is 2.58 bits per heavy atom. The molecule has 0 aromatic heterocycles. The van der Waals surface area contributed by atoms with E-state index in [1.54, 1.807) is 6.08 Å². The summed E-state index contributed by atoms with van der Waals surface area (Å²) in [6.07, 6.45) is 8.11. The van der Waals surface area contributed by atoms with Gasteiger partial charge in [0.25, 0.3) is 0 Å². The second kappa shape index (κ2) is 2.75. The zero-order chi connectivity index (χ0) is 9.19. The van der Waals surface area contributed by atoms with Gasteiger partial charge in [-0.3, -0.25) is 0 Å². The molecule has 0 radical (unpaired) electrons. The van der Waals surface area contributed by atoms with Gasteiger partial charge in [-0.15, -0.1) is 6.42 Å². The Hall–Kier alpha value is -1.67. The second-order valence-corrected chi connectivity index (χ2v) is 2.97. The van der Waals surface area contributed by atoms with Crippen LogP contribution in [-0.4, -0.2) is 5.60 Å². The average Bonchev–Trinajstić information content (AvgIpc) is 2.00. The molecule has 12 heavy (non-hydrogen) atoms. The summed E-state index contributed by atoms with van der Waals surface area (Å²) in [6, 6.07) is 1.90.